The van der Waals surface area contributed by atoms with Crippen LogP contribution in [0.2, 0.25) is 0 Å². The highest BCUT2D eigenvalue weighted by Gasteiger charge is 2.31. The molecule has 162 valence electrons. The Morgan fingerprint density at radius 3 is 2.77 bits per heavy atom. The number of hydrogen-bond donors (Lipinski definition) is 4. The van der Waals surface area contributed by atoms with Crippen LogP contribution in [-0.4, -0.2) is 47.8 Å². The number of pyridine rings is 1. The minimum absolute atomic E-state index is 0.0489. The molecule has 10 heteroatoms. The fourth-order valence-electron chi connectivity index (χ4n) is 3.15. The van der Waals surface area contributed by atoms with Crippen molar-refractivity contribution in [2.75, 3.05) is 18.0 Å². The monoisotopic (exact) mass is 421 g/mol. The summed E-state index contributed by atoms with van der Waals surface area (Å²) in [5.41, 5.74) is 5.68. The molecule has 3 rings (SSSR count). The van der Waals surface area contributed by atoms with Gasteiger partial charge in [0.2, 0.25) is 6.41 Å². The lowest BCUT2D eigenvalue weighted by atomic mass is 10.0. The summed E-state index contributed by atoms with van der Waals surface area (Å²) in [6.45, 7) is 4.73. The van der Waals surface area contributed by atoms with Gasteiger partial charge < -0.3 is 30.5 Å². The number of guanidine groups is 1. The first kappa shape index (κ1) is 21.9. The molecule has 8 nitrogen and oxygen atoms in total. The smallest absolute Gasteiger partial charge is 0.237 e. The zero-order chi connectivity index (χ0) is 21.8. The minimum atomic E-state index is -1.55. The zero-order valence-corrected chi connectivity index (χ0v) is 16.7. The van der Waals surface area contributed by atoms with Crippen molar-refractivity contribution in [1.82, 2.24) is 10.3 Å². The van der Waals surface area contributed by atoms with E-state index in [0.717, 1.165) is 0 Å². The van der Waals surface area contributed by atoms with Crippen LogP contribution in [0.25, 0.3) is 11.1 Å². The Kier molecular flexibility index (Phi) is 6.80. The maximum atomic E-state index is 14.9. The third kappa shape index (κ3) is 5.21. The van der Waals surface area contributed by atoms with Gasteiger partial charge >= 0.3 is 0 Å². The molecule has 1 unspecified atom stereocenters. The largest absolute Gasteiger partial charge is 0.372 e. The first-order valence-corrected chi connectivity index (χ1v) is 9.48. The molecule has 1 saturated heterocycles. The molecule has 0 bridgehead atoms. The van der Waals surface area contributed by atoms with Crippen LogP contribution in [0, 0.1) is 17.0 Å². The van der Waals surface area contributed by atoms with Gasteiger partial charge in [-0.15, -0.1) is 0 Å². The lowest BCUT2D eigenvalue weighted by molar-refractivity contribution is -0.117. The van der Waals surface area contributed by atoms with Crippen LogP contribution in [-0.2, 0) is 16.1 Å². The SMILES string of the molecule is CC(C)OC1CN(c2ncc(-c3cccc(COC(O)NC(=N)N)c3F)cc2F)C1. The summed E-state index contributed by atoms with van der Waals surface area (Å²) >= 11 is 0. The predicted molar refractivity (Wildman–Crippen MR) is 108 cm³/mol. The number of aliphatic hydroxyl groups is 1. The van der Waals surface area contributed by atoms with Crippen molar-refractivity contribution in [1.29, 1.82) is 5.41 Å². The van der Waals surface area contributed by atoms with Crippen molar-refractivity contribution in [2.45, 2.75) is 39.1 Å². The summed E-state index contributed by atoms with van der Waals surface area (Å²) in [5, 5.41) is 18.7. The molecule has 0 radical (unpaired) electrons. The average molecular weight is 421 g/mol. The molecule has 1 fully saturated rings. The summed E-state index contributed by atoms with van der Waals surface area (Å²) in [7, 11) is 0. The predicted octanol–water partition coefficient (Wildman–Crippen LogP) is 1.92. The molecule has 30 heavy (non-hydrogen) atoms. The number of rotatable bonds is 8. The molecule has 0 spiro atoms. The van der Waals surface area contributed by atoms with E-state index in [0.29, 0.717) is 13.1 Å². The molecule has 0 aliphatic carbocycles. The van der Waals surface area contributed by atoms with Crippen molar-refractivity contribution in [3.05, 3.63) is 47.7 Å². The number of anilines is 1. The molecule has 1 atom stereocenters. The van der Waals surface area contributed by atoms with Crippen LogP contribution in [0.1, 0.15) is 19.4 Å². The third-order valence-corrected chi connectivity index (χ3v) is 4.50. The maximum absolute atomic E-state index is 14.9. The number of benzene rings is 1. The van der Waals surface area contributed by atoms with E-state index in [-0.39, 0.29) is 41.3 Å². The summed E-state index contributed by atoms with van der Waals surface area (Å²) in [5.74, 6) is -1.43. The van der Waals surface area contributed by atoms with E-state index in [1.54, 1.807) is 11.0 Å². The van der Waals surface area contributed by atoms with Gasteiger partial charge in [-0.05, 0) is 19.9 Å². The van der Waals surface area contributed by atoms with E-state index in [1.165, 1.54) is 24.4 Å². The first-order valence-electron chi connectivity index (χ1n) is 9.48. The molecular formula is C20H25F2N5O3. The Hall–Kier alpha value is -2.82. The number of nitrogens with zero attached hydrogens (tertiary/aromatic N) is 2. The van der Waals surface area contributed by atoms with Crippen molar-refractivity contribution in [2.24, 2.45) is 5.73 Å². The molecule has 1 aliphatic heterocycles. The molecular weight excluding hydrogens is 396 g/mol. The number of nitrogens with two attached hydrogens (primary N) is 1. The number of aromatic nitrogens is 1. The second-order valence-electron chi connectivity index (χ2n) is 7.24. The Morgan fingerprint density at radius 1 is 1.40 bits per heavy atom. The summed E-state index contributed by atoms with van der Waals surface area (Å²) in [4.78, 5) is 5.95. The van der Waals surface area contributed by atoms with E-state index >= 15 is 0 Å². The molecule has 0 amide bonds. The van der Waals surface area contributed by atoms with Gasteiger partial charge in [-0.3, -0.25) is 5.41 Å². The van der Waals surface area contributed by atoms with Gasteiger partial charge in [0.05, 0.1) is 18.8 Å². The molecule has 1 aliphatic rings. The fourth-order valence-corrected chi connectivity index (χ4v) is 3.15. The highest BCUT2D eigenvalue weighted by molar-refractivity contribution is 5.74. The van der Waals surface area contributed by atoms with Crippen LogP contribution in [0.5, 0.6) is 0 Å². The number of halogens is 2. The standard InChI is InChI=1S/C20H25F2N5O3/c1-11(2)30-14-8-27(9-14)18-16(21)6-13(7-25-18)15-5-3-4-12(17(15)22)10-29-20(28)26-19(23)24/h3-7,11,14,20,28H,8-10H2,1-2H3,(H4,23,24,26). The lowest BCUT2D eigenvalue weighted by Gasteiger charge is -2.40. The second-order valence-corrected chi connectivity index (χ2v) is 7.24. The molecule has 2 heterocycles. The second kappa shape index (κ2) is 9.33. The van der Waals surface area contributed by atoms with E-state index in [2.05, 4.69) is 10.3 Å². The molecule has 1 aromatic carbocycles. The van der Waals surface area contributed by atoms with Gasteiger partial charge in [-0.1, -0.05) is 18.2 Å². The maximum Gasteiger partial charge on any atom is 0.237 e. The van der Waals surface area contributed by atoms with Crippen molar-refractivity contribution in [3.63, 3.8) is 0 Å². The molecule has 5 N–H and O–H groups in total. The Bertz CT molecular complexity index is 906. The number of nitrogens with one attached hydrogen (secondary N) is 2. The normalized spacial score (nSPS) is 15.2. The van der Waals surface area contributed by atoms with E-state index < -0.39 is 24.0 Å². The molecule has 0 saturated carbocycles. The van der Waals surface area contributed by atoms with Gasteiger partial charge in [-0.2, -0.15) is 0 Å². The quantitative estimate of drug-likeness (QED) is 0.292. The minimum Gasteiger partial charge on any atom is -0.372 e. The topological polar surface area (TPSA) is 117 Å². The van der Waals surface area contributed by atoms with Gasteiger partial charge in [0, 0.05) is 36.0 Å². The van der Waals surface area contributed by atoms with Crippen LogP contribution >= 0.6 is 0 Å². The van der Waals surface area contributed by atoms with Crippen molar-refractivity contribution < 1.29 is 23.4 Å². The van der Waals surface area contributed by atoms with E-state index in [4.69, 9.17) is 20.6 Å². The average Bonchev–Trinajstić information content (AvgIpc) is 2.63. The Labute approximate surface area is 173 Å². The van der Waals surface area contributed by atoms with E-state index in [9.17, 15) is 13.9 Å². The van der Waals surface area contributed by atoms with Crippen LogP contribution in [0.3, 0.4) is 0 Å². The Balaban J connectivity index is 1.70. The highest BCUT2D eigenvalue weighted by Crippen LogP contribution is 2.30. The highest BCUT2D eigenvalue weighted by atomic mass is 19.1. The van der Waals surface area contributed by atoms with Crippen LogP contribution < -0.4 is 16.0 Å². The third-order valence-electron chi connectivity index (χ3n) is 4.50. The Morgan fingerprint density at radius 2 is 2.13 bits per heavy atom. The lowest BCUT2D eigenvalue weighted by Crippen LogP contribution is -2.53. The summed E-state index contributed by atoms with van der Waals surface area (Å²) in [6.07, 6.45) is 0.0253. The van der Waals surface area contributed by atoms with Crippen molar-refractivity contribution in [3.8, 4) is 11.1 Å². The molecule has 2 aromatic rings. The summed E-state index contributed by atoms with van der Waals surface area (Å²) in [6, 6.07) is 5.83. The zero-order valence-electron chi connectivity index (χ0n) is 16.7. The molecule has 1 aromatic heterocycles. The first-order chi connectivity index (χ1) is 14.2. The number of hydrogen-bond acceptors (Lipinski definition) is 6. The van der Waals surface area contributed by atoms with Gasteiger partial charge in [0.15, 0.2) is 17.6 Å². The van der Waals surface area contributed by atoms with Gasteiger partial charge in [0.1, 0.15) is 5.82 Å². The summed E-state index contributed by atoms with van der Waals surface area (Å²) < 4.78 is 40.2. The van der Waals surface area contributed by atoms with Gasteiger partial charge in [0.25, 0.3) is 0 Å². The van der Waals surface area contributed by atoms with Crippen molar-refractivity contribution >= 4 is 11.8 Å². The fraction of sp³-hybridized carbons (Fsp3) is 0.400. The van der Waals surface area contributed by atoms with Crippen LogP contribution in [0.4, 0.5) is 14.6 Å². The van der Waals surface area contributed by atoms with E-state index in [1.807, 2.05) is 13.8 Å². The number of aliphatic hydroxyl groups excluding tert-OH is 1. The van der Waals surface area contributed by atoms with Crippen LogP contribution in [0.15, 0.2) is 30.5 Å². The van der Waals surface area contributed by atoms with Gasteiger partial charge in [-0.25, -0.2) is 13.8 Å². The number of ether oxygens (including phenoxy) is 2.